The minimum absolute atomic E-state index is 0.149. The van der Waals surface area contributed by atoms with E-state index in [1.165, 1.54) is 24.8 Å². The molecule has 1 saturated heterocycles. The fourth-order valence-corrected chi connectivity index (χ4v) is 5.33. The van der Waals surface area contributed by atoms with Crippen LogP contribution in [0.3, 0.4) is 0 Å². The Morgan fingerprint density at radius 3 is 2.47 bits per heavy atom. The number of likely N-dealkylation sites (tertiary alicyclic amines) is 1. The van der Waals surface area contributed by atoms with Crippen molar-refractivity contribution in [1.82, 2.24) is 10.2 Å². The fourth-order valence-electron chi connectivity index (χ4n) is 5.33. The van der Waals surface area contributed by atoms with Gasteiger partial charge in [0.2, 0.25) is 0 Å². The number of rotatable bonds is 5. The Hall–Kier alpha value is -1.81. The van der Waals surface area contributed by atoms with E-state index in [-0.39, 0.29) is 6.09 Å². The molecule has 164 valence electrons. The number of hydrogen-bond donors (Lipinski definition) is 1. The molecule has 4 heteroatoms. The first-order chi connectivity index (χ1) is 14.3. The lowest BCUT2D eigenvalue weighted by Crippen LogP contribution is -2.55. The molecule has 1 heterocycles. The van der Waals surface area contributed by atoms with Gasteiger partial charge in [0.05, 0.1) is 0 Å². The molecule has 1 N–H and O–H groups in total. The van der Waals surface area contributed by atoms with Crippen molar-refractivity contribution in [1.29, 1.82) is 0 Å². The van der Waals surface area contributed by atoms with Crippen LogP contribution in [0.1, 0.15) is 71.8 Å². The Bertz CT molecular complexity index is 764. The summed E-state index contributed by atoms with van der Waals surface area (Å²) in [7, 11) is 0. The molecular weight excluding hydrogens is 372 g/mol. The SMILES string of the molecule is CCC(=Cc1ccccc1)C1C[C@@H]1NC1CC2(CCN(C(=O)OC(C)(C)C)CC2)C1. The topological polar surface area (TPSA) is 41.6 Å². The molecule has 1 unspecified atom stereocenters. The Morgan fingerprint density at radius 1 is 1.20 bits per heavy atom. The highest BCUT2D eigenvalue weighted by Gasteiger charge is 2.49. The van der Waals surface area contributed by atoms with Crippen molar-refractivity contribution in [3.63, 3.8) is 0 Å². The van der Waals surface area contributed by atoms with E-state index in [0.29, 0.717) is 23.4 Å². The van der Waals surface area contributed by atoms with E-state index >= 15 is 0 Å². The van der Waals surface area contributed by atoms with Gasteiger partial charge in [-0.25, -0.2) is 4.79 Å². The normalized spacial score (nSPS) is 26.4. The number of amides is 1. The van der Waals surface area contributed by atoms with E-state index in [4.69, 9.17) is 4.74 Å². The fraction of sp³-hybridized carbons (Fsp3) is 0.654. The lowest BCUT2D eigenvalue weighted by Gasteiger charge is -2.52. The van der Waals surface area contributed by atoms with Gasteiger partial charge in [-0.1, -0.05) is 48.9 Å². The van der Waals surface area contributed by atoms with E-state index in [1.807, 2.05) is 25.7 Å². The molecule has 4 rings (SSSR count). The molecule has 1 amide bonds. The van der Waals surface area contributed by atoms with Crippen LogP contribution in [-0.4, -0.2) is 41.8 Å². The monoisotopic (exact) mass is 410 g/mol. The maximum atomic E-state index is 12.3. The molecule has 1 aliphatic heterocycles. The van der Waals surface area contributed by atoms with Gasteiger partial charge in [0.1, 0.15) is 5.60 Å². The summed E-state index contributed by atoms with van der Waals surface area (Å²) < 4.78 is 5.54. The minimum Gasteiger partial charge on any atom is -0.444 e. The Kier molecular flexibility index (Phi) is 5.98. The molecule has 2 atom stereocenters. The molecule has 2 saturated carbocycles. The van der Waals surface area contributed by atoms with E-state index in [1.54, 1.807) is 5.57 Å². The van der Waals surface area contributed by atoms with Gasteiger partial charge in [0.15, 0.2) is 0 Å². The van der Waals surface area contributed by atoms with Gasteiger partial charge in [-0.05, 0) is 76.2 Å². The summed E-state index contributed by atoms with van der Waals surface area (Å²) in [6.07, 6.45) is 9.42. The molecule has 1 aromatic carbocycles. The number of carbonyl (C=O) groups excluding carboxylic acids is 1. The van der Waals surface area contributed by atoms with Crippen LogP contribution in [0, 0.1) is 11.3 Å². The van der Waals surface area contributed by atoms with E-state index < -0.39 is 5.60 Å². The standard InChI is InChI=1S/C26H38N2O2/c1-5-20(15-19-9-7-6-8-10-19)22-16-23(22)27-21-17-26(18-21)11-13-28(14-12-26)24(29)30-25(2,3)4/h6-10,15,21-23,27H,5,11-14,16-18H2,1-4H3/t22?,23-/m0/s1. The lowest BCUT2D eigenvalue weighted by atomic mass is 9.60. The molecule has 0 radical (unpaired) electrons. The molecule has 2 aliphatic carbocycles. The van der Waals surface area contributed by atoms with E-state index in [2.05, 4.69) is 48.6 Å². The number of piperidine rings is 1. The molecule has 0 bridgehead atoms. The summed E-state index contributed by atoms with van der Waals surface area (Å²) in [6, 6.07) is 12.0. The van der Waals surface area contributed by atoms with Crippen LogP contribution in [0.2, 0.25) is 0 Å². The van der Waals surface area contributed by atoms with Crippen LogP contribution in [0.4, 0.5) is 4.79 Å². The molecule has 0 aromatic heterocycles. The van der Waals surface area contributed by atoms with Gasteiger partial charge < -0.3 is 15.0 Å². The van der Waals surface area contributed by atoms with Crippen LogP contribution >= 0.6 is 0 Å². The maximum absolute atomic E-state index is 12.3. The van der Waals surface area contributed by atoms with Crippen LogP contribution in [0.15, 0.2) is 35.9 Å². The van der Waals surface area contributed by atoms with Crippen molar-refractivity contribution in [2.75, 3.05) is 13.1 Å². The summed E-state index contributed by atoms with van der Waals surface area (Å²) >= 11 is 0. The zero-order chi connectivity index (χ0) is 21.4. The lowest BCUT2D eigenvalue weighted by molar-refractivity contribution is -0.0165. The Morgan fingerprint density at radius 2 is 1.87 bits per heavy atom. The first-order valence-corrected chi connectivity index (χ1v) is 11.8. The van der Waals surface area contributed by atoms with Gasteiger partial charge in [0.25, 0.3) is 0 Å². The molecule has 1 spiro atoms. The highest BCUT2D eigenvalue weighted by atomic mass is 16.6. The summed E-state index contributed by atoms with van der Waals surface area (Å²) in [6.45, 7) is 9.76. The zero-order valence-corrected chi connectivity index (χ0v) is 19.1. The van der Waals surface area contributed by atoms with Gasteiger partial charge in [-0.15, -0.1) is 0 Å². The highest BCUT2D eigenvalue weighted by molar-refractivity contribution is 5.68. The van der Waals surface area contributed by atoms with Crippen molar-refractivity contribution in [2.24, 2.45) is 11.3 Å². The van der Waals surface area contributed by atoms with Crippen LogP contribution < -0.4 is 5.32 Å². The highest BCUT2D eigenvalue weighted by Crippen LogP contribution is 2.51. The number of nitrogens with zero attached hydrogens (tertiary/aromatic N) is 1. The minimum atomic E-state index is -0.412. The molecule has 3 aliphatic rings. The van der Waals surface area contributed by atoms with E-state index in [0.717, 1.165) is 32.4 Å². The van der Waals surface area contributed by atoms with Gasteiger partial charge in [-0.2, -0.15) is 0 Å². The summed E-state index contributed by atoms with van der Waals surface area (Å²) in [5, 5.41) is 3.93. The second kappa shape index (κ2) is 8.37. The van der Waals surface area contributed by atoms with Crippen molar-refractivity contribution >= 4 is 12.2 Å². The number of hydrogen-bond acceptors (Lipinski definition) is 3. The third kappa shape index (κ3) is 5.08. The molecular formula is C26H38N2O2. The first kappa shape index (κ1) is 21.4. The quantitative estimate of drug-likeness (QED) is 0.683. The third-order valence-electron chi connectivity index (χ3n) is 7.11. The zero-order valence-electron chi connectivity index (χ0n) is 19.1. The van der Waals surface area contributed by atoms with Gasteiger partial charge in [-0.3, -0.25) is 0 Å². The predicted octanol–water partition coefficient (Wildman–Crippen LogP) is 5.64. The van der Waals surface area contributed by atoms with Gasteiger partial charge in [0, 0.05) is 25.2 Å². The van der Waals surface area contributed by atoms with Crippen molar-refractivity contribution in [3.05, 3.63) is 41.5 Å². The van der Waals surface area contributed by atoms with Crippen molar-refractivity contribution < 1.29 is 9.53 Å². The first-order valence-electron chi connectivity index (χ1n) is 11.8. The van der Waals surface area contributed by atoms with Crippen molar-refractivity contribution in [2.45, 2.75) is 83.9 Å². The average Bonchev–Trinajstić information content (AvgIpc) is 3.44. The number of benzene rings is 1. The summed E-state index contributed by atoms with van der Waals surface area (Å²) in [4.78, 5) is 14.2. The number of nitrogens with one attached hydrogen (secondary N) is 1. The summed E-state index contributed by atoms with van der Waals surface area (Å²) in [5.74, 6) is 0.709. The maximum Gasteiger partial charge on any atom is 0.410 e. The Balaban J connectivity index is 1.21. The number of ether oxygens (including phenoxy) is 1. The second-order valence-electron chi connectivity index (χ2n) is 10.7. The van der Waals surface area contributed by atoms with E-state index in [9.17, 15) is 4.79 Å². The largest absolute Gasteiger partial charge is 0.444 e. The molecule has 3 fully saturated rings. The van der Waals surface area contributed by atoms with Crippen LogP contribution in [-0.2, 0) is 4.74 Å². The second-order valence-corrected chi connectivity index (χ2v) is 10.7. The Labute approximate surface area is 182 Å². The third-order valence-corrected chi connectivity index (χ3v) is 7.11. The smallest absolute Gasteiger partial charge is 0.410 e. The summed E-state index contributed by atoms with van der Waals surface area (Å²) in [5.41, 5.74) is 2.94. The van der Waals surface area contributed by atoms with Crippen LogP contribution in [0.25, 0.3) is 6.08 Å². The molecule has 1 aromatic rings. The van der Waals surface area contributed by atoms with Crippen molar-refractivity contribution in [3.8, 4) is 0 Å². The van der Waals surface area contributed by atoms with Gasteiger partial charge >= 0.3 is 6.09 Å². The predicted molar refractivity (Wildman–Crippen MR) is 122 cm³/mol. The molecule has 30 heavy (non-hydrogen) atoms. The average molecular weight is 411 g/mol. The molecule has 4 nitrogen and oxygen atoms in total. The number of carbonyl (C=O) groups is 1. The van der Waals surface area contributed by atoms with Crippen LogP contribution in [0.5, 0.6) is 0 Å².